The van der Waals surface area contributed by atoms with E-state index < -0.39 is 14.7 Å². The van der Waals surface area contributed by atoms with Crippen molar-refractivity contribution in [2.75, 3.05) is 7.11 Å². The molecular formula is C24H19Cl2NO4S. The summed E-state index contributed by atoms with van der Waals surface area (Å²) in [6.45, 7) is 1.94. The molecule has 0 aliphatic rings. The van der Waals surface area contributed by atoms with Crippen LogP contribution in [0.2, 0.25) is 10.0 Å². The molecule has 32 heavy (non-hydrogen) atoms. The number of methoxy groups -OCH3 is 1. The Labute approximate surface area is 197 Å². The second kappa shape index (κ2) is 10.1. The fourth-order valence-electron chi connectivity index (χ4n) is 2.91. The normalized spacial score (nSPS) is 11.7. The Kier molecular flexibility index (Phi) is 7.47. The smallest absolute Gasteiger partial charge is 0.216 e. The van der Waals surface area contributed by atoms with Crippen LogP contribution >= 0.6 is 23.2 Å². The van der Waals surface area contributed by atoms with Gasteiger partial charge in [0.25, 0.3) is 0 Å². The molecule has 0 N–H and O–H groups in total. The molecule has 3 aromatic rings. The highest BCUT2D eigenvalue weighted by molar-refractivity contribution is 7.95. The van der Waals surface area contributed by atoms with Gasteiger partial charge in [-0.25, -0.2) is 8.42 Å². The molecule has 0 aliphatic heterocycles. The lowest BCUT2D eigenvalue weighted by molar-refractivity contribution is 0.284. The molecule has 8 heteroatoms. The van der Waals surface area contributed by atoms with Crippen LogP contribution in [-0.4, -0.2) is 15.5 Å². The van der Waals surface area contributed by atoms with Crippen molar-refractivity contribution >= 4 is 39.1 Å². The van der Waals surface area contributed by atoms with E-state index in [1.54, 1.807) is 54.6 Å². The van der Waals surface area contributed by atoms with Crippen LogP contribution in [0.15, 0.2) is 70.5 Å². The monoisotopic (exact) mass is 487 g/mol. The van der Waals surface area contributed by atoms with Crippen LogP contribution in [0, 0.1) is 18.3 Å². The third-order valence-corrected chi connectivity index (χ3v) is 6.90. The summed E-state index contributed by atoms with van der Waals surface area (Å²) in [6.07, 6.45) is 1.27. The lowest BCUT2D eigenvalue weighted by Crippen LogP contribution is -2.04. The molecule has 0 aliphatic carbocycles. The van der Waals surface area contributed by atoms with Crippen molar-refractivity contribution in [1.29, 1.82) is 5.26 Å². The molecule has 164 valence electrons. The maximum atomic E-state index is 13.0. The van der Waals surface area contributed by atoms with E-state index in [1.165, 1.54) is 25.3 Å². The van der Waals surface area contributed by atoms with Crippen LogP contribution in [0.4, 0.5) is 0 Å². The van der Waals surface area contributed by atoms with Crippen molar-refractivity contribution in [1.82, 2.24) is 0 Å². The number of halogens is 2. The highest BCUT2D eigenvalue weighted by Gasteiger charge is 2.22. The number of hydrogen-bond acceptors (Lipinski definition) is 5. The molecule has 0 fully saturated rings. The number of nitriles is 1. The van der Waals surface area contributed by atoms with Gasteiger partial charge in [-0.3, -0.25) is 0 Å². The van der Waals surface area contributed by atoms with Gasteiger partial charge in [0.05, 0.1) is 12.0 Å². The Balaban J connectivity index is 2.02. The van der Waals surface area contributed by atoms with Crippen molar-refractivity contribution in [3.63, 3.8) is 0 Å². The summed E-state index contributed by atoms with van der Waals surface area (Å²) in [7, 11) is -2.54. The van der Waals surface area contributed by atoms with Gasteiger partial charge in [0, 0.05) is 21.2 Å². The molecule has 0 unspecified atom stereocenters. The number of ether oxygens (including phenoxy) is 2. The average molecular weight is 488 g/mol. The van der Waals surface area contributed by atoms with Crippen molar-refractivity contribution in [3.05, 3.63) is 92.3 Å². The Morgan fingerprint density at radius 2 is 1.81 bits per heavy atom. The summed E-state index contributed by atoms with van der Waals surface area (Å²) in [5.74, 6) is 0.668. The molecule has 0 spiro atoms. The number of benzene rings is 3. The van der Waals surface area contributed by atoms with Crippen LogP contribution in [0.5, 0.6) is 11.5 Å². The number of para-hydroxylation sites is 1. The summed E-state index contributed by atoms with van der Waals surface area (Å²) >= 11 is 12.2. The van der Waals surface area contributed by atoms with Crippen LogP contribution in [0.3, 0.4) is 0 Å². The second-order valence-corrected chi connectivity index (χ2v) is 9.60. The van der Waals surface area contributed by atoms with Crippen molar-refractivity contribution in [2.24, 2.45) is 0 Å². The van der Waals surface area contributed by atoms with Gasteiger partial charge in [0.2, 0.25) is 9.84 Å². The first kappa shape index (κ1) is 23.7. The molecule has 3 rings (SSSR count). The van der Waals surface area contributed by atoms with E-state index >= 15 is 0 Å². The molecule has 0 amide bonds. The minimum Gasteiger partial charge on any atom is -0.493 e. The van der Waals surface area contributed by atoms with E-state index in [2.05, 4.69) is 0 Å². The molecule has 0 saturated heterocycles. The van der Waals surface area contributed by atoms with Gasteiger partial charge in [0.15, 0.2) is 11.5 Å². The van der Waals surface area contributed by atoms with Crippen LogP contribution in [0.1, 0.15) is 16.7 Å². The van der Waals surface area contributed by atoms with E-state index in [4.69, 9.17) is 32.7 Å². The minimum atomic E-state index is -4.01. The van der Waals surface area contributed by atoms with Gasteiger partial charge < -0.3 is 9.47 Å². The predicted molar refractivity (Wildman–Crippen MR) is 126 cm³/mol. The van der Waals surface area contributed by atoms with E-state index in [0.29, 0.717) is 26.9 Å². The lowest BCUT2D eigenvalue weighted by atomic mass is 10.1. The van der Waals surface area contributed by atoms with Gasteiger partial charge in [-0.2, -0.15) is 5.26 Å². The summed E-state index contributed by atoms with van der Waals surface area (Å²) in [5.41, 5.74) is 1.97. The highest BCUT2D eigenvalue weighted by atomic mass is 35.5. The molecule has 0 bridgehead atoms. The lowest BCUT2D eigenvalue weighted by Gasteiger charge is -2.14. The number of sulfone groups is 1. The number of aryl methyl sites for hydroxylation is 1. The fourth-order valence-corrected chi connectivity index (χ4v) is 4.52. The van der Waals surface area contributed by atoms with Crippen molar-refractivity contribution in [2.45, 2.75) is 18.4 Å². The first-order chi connectivity index (χ1) is 15.3. The highest BCUT2D eigenvalue weighted by Crippen LogP contribution is 2.35. The van der Waals surface area contributed by atoms with Crippen LogP contribution in [-0.2, 0) is 16.4 Å². The number of allylic oxidation sites excluding steroid dienone is 1. The van der Waals surface area contributed by atoms with Gasteiger partial charge in [-0.1, -0.05) is 59.1 Å². The SMILES string of the molecule is COc1cccc(/C=C(/C#N)S(=O)(=O)c2ccc(C)cc2)c1OCc1ccc(Cl)cc1Cl. The first-order valence-electron chi connectivity index (χ1n) is 9.43. The first-order valence-corrected chi connectivity index (χ1v) is 11.7. The molecule has 5 nitrogen and oxygen atoms in total. The van der Waals surface area contributed by atoms with Crippen molar-refractivity contribution in [3.8, 4) is 17.6 Å². The zero-order chi connectivity index (χ0) is 23.3. The van der Waals surface area contributed by atoms with E-state index in [9.17, 15) is 13.7 Å². The summed E-state index contributed by atoms with van der Waals surface area (Å²) < 4.78 is 37.3. The Morgan fingerprint density at radius 1 is 1.09 bits per heavy atom. The fraction of sp³-hybridized carbons (Fsp3) is 0.125. The molecule has 0 aromatic heterocycles. The Hall–Kier alpha value is -2.98. The van der Waals surface area contributed by atoms with E-state index in [-0.39, 0.29) is 17.3 Å². The van der Waals surface area contributed by atoms with E-state index in [1.807, 2.05) is 6.92 Å². The van der Waals surface area contributed by atoms with Gasteiger partial charge >= 0.3 is 0 Å². The van der Waals surface area contributed by atoms with Gasteiger partial charge in [-0.05, 0) is 43.3 Å². The number of rotatable bonds is 7. The molecular weight excluding hydrogens is 469 g/mol. The quantitative estimate of drug-likeness (QED) is 0.369. The Bertz CT molecular complexity index is 1310. The third kappa shape index (κ3) is 5.25. The van der Waals surface area contributed by atoms with E-state index in [0.717, 1.165) is 5.56 Å². The molecule has 0 saturated carbocycles. The summed E-state index contributed by atoms with van der Waals surface area (Å²) in [5, 5.41) is 10.6. The molecule has 3 aromatic carbocycles. The standard InChI is InChI=1S/C24H19Cl2NO4S/c1-16-6-10-20(11-7-16)32(28,29)21(14-27)12-17-4-3-5-23(30-2)24(17)31-15-18-8-9-19(25)13-22(18)26/h3-13H,15H2,1-2H3/b21-12-. The molecule has 0 radical (unpaired) electrons. The topological polar surface area (TPSA) is 76.4 Å². The Morgan fingerprint density at radius 3 is 2.44 bits per heavy atom. The van der Waals surface area contributed by atoms with Crippen LogP contribution < -0.4 is 9.47 Å². The predicted octanol–water partition coefficient (Wildman–Crippen LogP) is 6.23. The largest absolute Gasteiger partial charge is 0.493 e. The molecule has 0 heterocycles. The minimum absolute atomic E-state index is 0.0363. The number of hydrogen-bond donors (Lipinski definition) is 0. The second-order valence-electron chi connectivity index (χ2n) is 6.84. The maximum Gasteiger partial charge on any atom is 0.216 e. The zero-order valence-electron chi connectivity index (χ0n) is 17.3. The maximum absolute atomic E-state index is 13.0. The van der Waals surface area contributed by atoms with Gasteiger partial charge in [-0.15, -0.1) is 0 Å². The zero-order valence-corrected chi connectivity index (χ0v) is 19.6. The number of nitrogens with zero attached hydrogens (tertiary/aromatic N) is 1. The van der Waals surface area contributed by atoms with Gasteiger partial charge in [0.1, 0.15) is 17.6 Å². The molecule has 0 atom stereocenters. The van der Waals surface area contributed by atoms with Crippen molar-refractivity contribution < 1.29 is 17.9 Å². The van der Waals surface area contributed by atoms with Crippen LogP contribution in [0.25, 0.3) is 6.08 Å². The summed E-state index contributed by atoms with van der Waals surface area (Å²) in [6, 6.07) is 18.1. The third-order valence-electron chi connectivity index (χ3n) is 4.63. The summed E-state index contributed by atoms with van der Waals surface area (Å²) in [4.78, 5) is -0.377. The average Bonchev–Trinajstić information content (AvgIpc) is 2.77.